The standard InChI is InChI=1S/C18H16Cl2FN3OS.ClH/c1-23(2)7-8-24(17(25)13-5-4-12(21)10-14(13)20)18-22-15-6-3-11(19)9-16(15)26-18;/h3-6,9-10H,7-8H2,1-2H3;1H. The summed E-state index contributed by atoms with van der Waals surface area (Å²) in [5.74, 6) is -0.803. The van der Waals surface area contributed by atoms with E-state index in [0.29, 0.717) is 23.2 Å². The number of carbonyl (C=O) groups excluding carboxylic acids is 1. The van der Waals surface area contributed by atoms with Crippen LogP contribution in [0, 0.1) is 5.82 Å². The SMILES string of the molecule is CN(C)CCN(C(=O)c1ccc(F)cc1Cl)c1nc2ccc(Cl)cc2s1.Cl. The van der Waals surface area contributed by atoms with Gasteiger partial charge in [0.1, 0.15) is 5.82 Å². The van der Waals surface area contributed by atoms with E-state index in [0.717, 1.165) is 16.3 Å². The molecular weight excluding hydrogens is 432 g/mol. The molecule has 1 heterocycles. The molecule has 3 rings (SSSR count). The Labute approximate surface area is 176 Å². The predicted molar refractivity (Wildman–Crippen MR) is 114 cm³/mol. The third kappa shape index (κ3) is 5.09. The molecule has 0 unspecified atom stereocenters. The number of halogens is 4. The molecule has 4 nitrogen and oxygen atoms in total. The van der Waals surface area contributed by atoms with Gasteiger partial charge in [-0.1, -0.05) is 34.5 Å². The maximum Gasteiger partial charge on any atom is 0.261 e. The fraction of sp³-hybridized carbons (Fsp3) is 0.222. The van der Waals surface area contributed by atoms with E-state index in [-0.39, 0.29) is 28.9 Å². The lowest BCUT2D eigenvalue weighted by atomic mass is 10.2. The number of fused-ring (bicyclic) bond motifs is 1. The van der Waals surface area contributed by atoms with Gasteiger partial charge in [0.2, 0.25) is 0 Å². The largest absolute Gasteiger partial charge is 0.308 e. The first-order valence-electron chi connectivity index (χ1n) is 7.83. The Hall–Kier alpha value is -1.44. The number of likely N-dealkylation sites (N-methyl/N-ethyl adjacent to an activating group) is 1. The van der Waals surface area contributed by atoms with Gasteiger partial charge in [-0.2, -0.15) is 0 Å². The topological polar surface area (TPSA) is 36.4 Å². The highest BCUT2D eigenvalue weighted by Gasteiger charge is 2.23. The summed E-state index contributed by atoms with van der Waals surface area (Å²) in [6.45, 7) is 1.06. The third-order valence-corrected chi connectivity index (χ3v) is 5.34. The van der Waals surface area contributed by atoms with Crippen LogP contribution in [0.2, 0.25) is 10.0 Å². The van der Waals surface area contributed by atoms with Crippen molar-refractivity contribution in [1.29, 1.82) is 0 Å². The smallest absolute Gasteiger partial charge is 0.261 e. The van der Waals surface area contributed by atoms with Crippen LogP contribution in [-0.4, -0.2) is 43.0 Å². The number of hydrogen-bond acceptors (Lipinski definition) is 4. The molecule has 1 amide bonds. The molecule has 0 aliphatic rings. The molecule has 27 heavy (non-hydrogen) atoms. The van der Waals surface area contributed by atoms with E-state index in [1.165, 1.54) is 23.5 Å². The molecule has 0 saturated carbocycles. The van der Waals surface area contributed by atoms with Gasteiger partial charge in [0.25, 0.3) is 5.91 Å². The van der Waals surface area contributed by atoms with Crippen LogP contribution in [0.5, 0.6) is 0 Å². The molecule has 144 valence electrons. The number of hydrogen-bond donors (Lipinski definition) is 0. The van der Waals surface area contributed by atoms with Crippen molar-refractivity contribution in [3.05, 3.63) is 57.8 Å². The summed E-state index contributed by atoms with van der Waals surface area (Å²) < 4.78 is 14.2. The molecule has 0 aliphatic carbocycles. The minimum atomic E-state index is -0.485. The number of nitrogens with zero attached hydrogens (tertiary/aromatic N) is 3. The summed E-state index contributed by atoms with van der Waals surface area (Å²) in [5.41, 5.74) is 1.01. The molecule has 0 aliphatic heterocycles. The Morgan fingerprint density at radius 3 is 2.56 bits per heavy atom. The van der Waals surface area contributed by atoms with Crippen molar-refractivity contribution in [2.24, 2.45) is 0 Å². The lowest BCUT2D eigenvalue weighted by molar-refractivity contribution is 0.0985. The van der Waals surface area contributed by atoms with E-state index in [2.05, 4.69) is 4.98 Å². The van der Waals surface area contributed by atoms with Crippen molar-refractivity contribution in [3.63, 3.8) is 0 Å². The van der Waals surface area contributed by atoms with Crippen LogP contribution in [0.3, 0.4) is 0 Å². The average molecular weight is 449 g/mol. The van der Waals surface area contributed by atoms with Gasteiger partial charge >= 0.3 is 0 Å². The highest BCUT2D eigenvalue weighted by Crippen LogP contribution is 2.32. The summed E-state index contributed by atoms with van der Waals surface area (Å²) in [6, 6.07) is 9.15. The molecule has 3 aromatic rings. The van der Waals surface area contributed by atoms with Crippen LogP contribution in [0.4, 0.5) is 9.52 Å². The van der Waals surface area contributed by atoms with Crippen LogP contribution in [0.25, 0.3) is 10.2 Å². The lowest BCUT2D eigenvalue weighted by Crippen LogP contribution is -2.36. The van der Waals surface area contributed by atoms with E-state index < -0.39 is 5.82 Å². The molecule has 0 bridgehead atoms. The van der Waals surface area contributed by atoms with Gasteiger partial charge < -0.3 is 4.90 Å². The van der Waals surface area contributed by atoms with Gasteiger partial charge in [-0.25, -0.2) is 9.37 Å². The van der Waals surface area contributed by atoms with Crippen molar-refractivity contribution in [1.82, 2.24) is 9.88 Å². The average Bonchev–Trinajstić information content (AvgIpc) is 2.97. The van der Waals surface area contributed by atoms with Crippen LogP contribution in [-0.2, 0) is 0 Å². The zero-order chi connectivity index (χ0) is 18.8. The Balaban J connectivity index is 0.00000261. The highest BCUT2D eigenvalue weighted by atomic mass is 35.5. The van der Waals surface area contributed by atoms with Crippen molar-refractivity contribution in [3.8, 4) is 0 Å². The summed E-state index contributed by atoms with van der Waals surface area (Å²) in [6.07, 6.45) is 0. The Morgan fingerprint density at radius 2 is 1.89 bits per heavy atom. The van der Waals surface area contributed by atoms with E-state index in [9.17, 15) is 9.18 Å². The zero-order valence-electron chi connectivity index (χ0n) is 14.6. The molecule has 0 N–H and O–H groups in total. The molecule has 2 aromatic carbocycles. The zero-order valence-corrected chi connectivity index (χ0v) is 17.7. The van der Waals surface area contributed by atoms with Crippen molar-refractivity contribution in [2.45, 2.75) is 0 Å². The quantitative estimate of drug-likeness (QED) is 0.526. The molecule has 9 heteroatoms. The van der Waals surface area contributed by atoms with Crippen LogP contribution in [0.1, 0.15) is 10.4 Å². The maximum atomic E-state index is 13.3. The molecule has 0 spiro atoms. The fourth-order valence-corrected chi connectivity index (χ4v) is 3.91. The first-order chi connectivity index (χ1) is 12.3. The minimum absolute atomic E-state index is 0. The first-order valence-corrected chi connectivity index (χ1v) is 9.40. The van der Waals surface area contributed by atoms with Gasteiger partial charge in [-0.15, -0.1) is 12.4 Å². The number of benzene rings is 2. The number of thiazole rings is 1. The lowest BCUT2D eigenvalue weighted by Gasteiger charge is -2.22. The Bertz CT molecular complexity index is 964. The Morgan fingerprint density at radius 1 is 1.15 bits per heavy atom. The van der Waals surface area contributed by atoms with Crippen molar-refractivity contribution >= 4 is 68.2 Å². The Kier molecular flexibility index (Phi) is 7.42. The van der Waals surface area contributed by atoms with E-state index >= 15 is 0 Å². The monoisotopic (exact) mass is 447 g/mol. The van der Waals surface area contributed by atoms with Gasteiger partial charge in [-0.3, -0.25) is 9.69 Å². The molecule has 0 fully saturated rings. The summed E-state index contributed by atoms with van der Waals surface area (Å²) >= 11 is 13.5. The number of aromatic nitrogens is 1. The van der Waals surface area contributed by atoms with Gasteiger partial charge in [0.15, 0.2) is 5.13 Å². The molecule has 0 atom stereocenters. The van der Waals surface area contributed by atoms with Crippen LogP contribution in [0.15, 0.2) is 36.4 Å². The van der Waals surface area contributed by atoms with Gasteiger partial charge in [0, 0.05) is 18.1 Å². The molecular formula is C18H17Cl3FN3OS. The number of carbonyl (C=O) groups is 1. The minimum Gasteiger partial charge on any atom is -0.308 e. The van der Waals surface area contributed by atoms with Gasteiger partial charge in [0.05, 0.1) is 20.8 Å². The molecule has 0 saturated heterocycles. The second-order valence-corrected chi connectivity index (χ2v) is 7.85. The number of amides is 1. The third-order valence-electron chi connectivity index (χ3n) is 3.75. The summed E-state index contributed by atoms with van der Waals surface area (Å²) in [7, 11) is 3.84. The van der Waals surface area contributed by atoms with E-state index in [1.807, 2.05) is 31.1 Å². The summed E-state index contributed by atoms with van der Waals surface area (Å²) in [5, 5.41) is 1.24. The second kappa shape index (κ2) is 9.17. The second-order valence-electron chi connectivity index (χ2n) is 5.99. The normalized spacial score (nSPS) is 10.9. The van der Waals surface area contributed by atoms with E-state index in [4.69, 9.17) is 23.2 Å². The van der Waals surface area contributed by atoms with Gasteiger partial charge in [-0.05, 0) is 50.5 Å². The molecule has 0 radical (unpaired) electrons. The predicted octanol–water partition coefficient (Wildman–Crippen LogP) is 5.37. The molecule has 1 aromatic heterocycles. The van der Waals surface area contributed by atoms with Crippen LogP contribution >= 0.6 is 46.9 Å². The number of anilines is 1. The highest BCUT2D eigenvalue weighted by molar-refractivity contribution is 7.22. The van der Waals surface area contributed by atoms with E-state index in [1.54, 1.807) is 11.0 Å². The maximum absolute atomic E-state index is 13.3. The number of rotatable bonds is 5. The van der Waals surface area contributed by atoms with Crippen LogP contribution < -0.4 is 4.90 Å². The summed E-state index contributed by atoms with van der Waals surface area (Å²) in [4.78, 5) is 21.2. The first kappa shape index (κ1) is 21.9. The fourth-order valence-electron chi connectivity index (χ4n) is 2.39. The van der Waals surface area contributed by atoms with Crippen molar-refractivity contribution < 1.29 is 9.18 Å². The van der Waals surface area contributed by atoms with Crippen molar-refractivity contribution in [2.75, 3.05) is 32.1 Å².